The number of nitrogens with zero attached hydrogens (tertiary/aromatic N) is 2. The fourth-order valence-electron chi connectivity index (χ4n) is 2.09. The van der Waals surface area contributed by atoms with Crippen molar-refractivity contribution in [1.82, 2.24) is 0 Å². The maximum absolute atomic E-state index is 12.2. The molecule has 3 aromatic rings. The first-order chi connectivity index (χ1) is 9.81. The minimum Gasteiger partial charge on any atom is -0.410 e. The molecule has 0 aliphatic heterocycles. The maximum Gasteiger partial charge on any atom is 0.216 e. The van der Waals surface area contributed by atoms with Crippen LogP contribution >= 0.6 is 0 Å². The molecule has 0 aliphatic carbocycles. The molecule has 0 aromatic heterocycles. The molecule has 0 fully saturated rings. The third-order valence-electron chi connectivity index (χ3n) is 3.04. The van der Waals surface area contributed by atoms with Gasteiger partial charge in [0, 0.05) is 10.8 Å². The first kappa shape index (κ1) is 12.1. The van der Waals surface area contributed by atoms with Gasteiger partial charge in [0.2, 0.25) is 5.43 Å². The van der Waals surface area contributed by atoms with E-state index in [9.17, 15) is 4.79 Å². The van der Waals surface area contributed by atoms with Gasteiger partial charge in [-0.15, -0.1) is 0 Å². The Morgan fingerprint density at radius 3 is 2.20 bits per heavy atom. The lowest BCUT2D eigenvalue weighted by Crippen LogP contribution is -2.33. The molecule has 0 saturated heterocycles. The number of benzene rings is 2. The molecule has 2 N–H and O–H groups in total. The van der Waals surface area contributed by atoms with E-state index in [4.69, 9.17) is 5.21 Å². The smallest absolute Gasteiger partial charge is 0.216 e. The topological polar surface area (TPSA) is 74.0 Å². The number of anilines is 1. The van der Waals surface area contributed by atoms with Gasteiger partial charge in [-0.1, -0.05) is 47.6 Å². The Bertz CT molecular complexity index is 908. The number of nitrogens with one attached hydrogen (secondary N) is 1. The number of para-hydroxylation sites is 1. The summed E-state index contributed by atoms with van der Waals surface area (Å²) >= 11 is 0. The largest absolute Gasteiger partial charge is 0.410 e. The van der Waals surface area contributed by atoms with Gasteiger partial charge in [0.05, 0.1) is 5.69 Å². The van der Waals surface area contributed by atoms with Gasteiger partial charge in [-0.05, 0) is 12.1 Å². The monoisotopic (exact) mass is 265 g/mol. The normalized spacial score (nSPS) is 13.0. The molecule has 5 heteroatoms. The maximum atomic E-state index is 12.2. The first-order valence-corrected chi connectivity index (χ1v) is 6.06. The van der Waals surface area contributed by atoms with E-state index in [-0.39, 0.29) is 16.1 Å². The van der Waals surface area contributed by atoms with Gasteiger partial charge < -0.3 is 5.21 Å². The molecule has 0 aliphatic rings. The van der Waals surface area contributed by atoms with Crippen LogP contribution in [-0.2, 0) is 0 Å². The Kier molecular flexibility index (Phi) is 3.01. The van der Waals surface area contributed by atoms with Crippen LogP contribution < -0.4 is 21.6 Å². The van der Waals surface area contributed by atoms with Crippen molar-refractivity contribution in [2.75, 3.05) is 5.43 Å². The molecule has 0 radical (unpaired) electrons. The van der Waals surface area contributed by atoms with Crippen LogP contribution in [0.25, 0.3) is 10.8 Å². The van der Waals surface area contributed by atoms with Gasteiger partial charge >= 0.3 is 0 Å². The van der Waals surface area contributed by atoms with E-state index in [1.165, 1.54) is 0 Å². The van der Waals surface area contributed by atoms with Crippen molar-refractivity contribution in [2.24, 2.45) is 10.3 Å². The zero-order valence-electron chi connectivity index (χ0n) is 10.4. The molecule has 5 nitrogen and oxygen atoms in total. The molecule has 0 unspecified atom stereocenters. The van der Waals surface area contributed by atoms with E-state index in [1.807, 2.05) is 30.3 Å². The molecule has 0 atom stereocenters. The van der Waals surface area contributed by atoms with Crippen molar-refractivity contribution in [2.45, 2.75) is 0 Å². The highest BCUT2D eigenvalue weighted by Gasteiger charge is 2.08. The second kappa shape index (κ2) is 4.97. The van der Waals surface area contributed by atoms with E-state index >= 15 is 0 Å². The van der Waals surface area contributed by atoms with E-state index < -0.39 is 0 Å². The lowest BCUT2D eigenvalue weighted by atomic mass is 10.2. The first-order valence-electron chi connectivity index (χ1n) is 6.06. The van der Waals surface area contributed by atoms with E-state index in [1.54, 1.807) is 24.3 Å². The van der Waals surface area contributed by atoms with Crippen LogP contribution in [0.4, 0.5) is 5.69 Å². The highest BCUT2D eigenvalue weighted by molar-refractivity contribution is 5.83. The summed E-state index contributed by atoms with van der Waals surface area (Å²) < 4.78 is 0. The average molecular weight is 265 g/mol. The van der Waals surface area contributed by atoms with Crippen molar-refractivity contribution in [1.29, 1.82) is 0 Å². The summed E-state index contributed by atoms with van der Waals surface area (Å²) in [5.41, 5.74) is 3.29. The highest BCUT2D eigenvalue weighted by Crippen LogP contribution is 2.04. The van der Waals surface area contributed by atoms with Crippen LogP contribution in [0.1, 0.15) is 0 Å². The molecule has 3 rings (SSSR count). The molecule has 98 valence electrons. The summed E-state index contributed by atoms with van der Waals surface area (Å²) in [6, 6.07) is 16.2. The van der Waals surface area contributed by atoms with Gasteiger partial charge in [0.25, 0.3) is 0 Å². The Labute approximate surface area is 113 Å². The fraction of sp³-hybridized carbons (Fsp3) is 0. The molecular formula is C15H11N3O2. The zero-order valence-corrected chi connectivity index (χ0v) is 10.4. The summed E-state index contributed by atoms with van der Waals surface area (Å²) in [7, 11) is 0. The van der Waals surface area contributed by atoms with Crippen molar-refractivity contribution >= 4 is 16.5 Å². The van der Waals surface area contributed by atoms with E-state index in [2.05, 4.69) is 15.7 Å². The summed E-state index contributed by atoms with van der Waals surface area (Å²) in [4.78, 5) is 12.2. The molecule has 0 spiro atoms. The summed E-state index contributed by atoms with van der Waals surface area (Å²) in [6.45, 7) is 0. The van der Waals surface area contributed by atoms with E-state index in [0.717, 1.165) is 5.69 Å². The quantitative estimate of drug-likeness (QED) is 0.541. The Morgan fingerprint density at radius 2 is 1.50 bits per heavy atom. The van der Waals surface area contributed by atoms with Crippen molar-refractivity contribution in [3.63, 3.8) is 0 Å². The van der Waals surface area contributed by atoms with Crippen molar-refractivity contribution in [3.8, 4) is 0 Å². The molecular weight excluding hydrogens is 254 g/mol. The summed E-state index contributed by atoms with van der Waals surface area (Å²) in [5.74, 6) is 0. The van der Waals surface area contributed by atoms with E-state index in [0.29, 0.717) is 10.8 Å². The third-order valence-corrected chi connectivity index (χ3v) is 3.04. The minimum absolute atomic E-state index is 0.109. The Hall–Kier alpha value is -2.95. The number of hydrogen-bond acceptors (Lipinski definition) is 5. The Morgan fingerprint density at radius 1 is 0.850 bits per heavy atom. The van der Waals surface area contributed by atoms with Crippen LogP contribution in [0, 0.1) is 0 Å². The molecule has 0 heterocycles. The van der Waals surface area contributed by atoms with Gasteiger partial charge in [0.15, 0.2) is 5.36 Å². The predicted molar refractivity (Wildman–Crippen MR) is 75.6 cm³/mol. The van der Waals surface area contributed by atoms with Crippen LogP contribution in [0.3, 0.4) is 0 Å². The molecule has 0 bridgehead atoms. The van der Waals surface area contributed by atoms with Crippen molar-refractivity contribution < 1.29 is 5.21 Å². The van der Waals surface area contributed by atoms with Crippen LogP contribution in [0.15, 0.2) is 69.6 Å². The zero-order chi connectivity index (χ0) is 13.9. The minimum atomic E-state index is -0.253. The third kappa shape index (κ3) is 1.95. The molecule has 3 aromatic carbocycles. The van der Waals surface area contributed by atoms with Gasteiger partial charge in [-0.25, -0.2) is 0 Å². The summed E-state index contributed by atoms with van der Waals surface area (Å²) in [6.07, 6.45) is 0. The number of rotatable bonds is 2. The number of fused-ring (bicyclic) bond motifs is 1. The number of hydrogen-bond donors (Lipinski definition) is 2. The predicted octanol–water partition coefficient (Wildman–Crippen LogP) is 1.29. The van der Waals surface area contributed by atoms with Crippen LogP contribution in [0.5, 0.6) is 0 Å². The molecule has 20 heavy (non-hydrogen) atoms. The second-order valence-electron chi connectivity index (χ2n) is 4.26. The fourth-order valence-corrected chi connectivity index (χ4v) is 2.09. The second-order valence-corrected chi connectivity index (χ2v) is 4.26. The average Bonchev–Trinajstić information content (AvgIpc) is 2.78. The molecule has 0 amide bonds. The van der Waals surface area contributed by atoms with Gasteiger partial charge in [-0.3, -0.25) is 10.2 Å². The van der Waals surface area contributed by atoms with Crippen LogP contribution in [0.2, 0.25) is 0 Å². The van der Waals surface area contributed by atoms with Crippen LogP contribution in [-0.4, -0.2) is 5.21 Å². The Balaban J connectivity index is 2.22. The summed E-state index contributed by atoms with van der Waals surface area (Å²) in [5, 5.41) is 17.8. The lowest BCUT2D eigenvalue weighted by Gasteiger charge is -1.96. The lowest BCUT2D eigenvalue weighted by molar-refractivity contribution is 0.302. The highest BCUT2D eigenvalue weighted by atomic mass is 16.4. The SMILES string of the molecule is O=c1c(=N/Nc2ccccc2)/c(=N/O)c2ccccc12. The van der Waals surface area contributed by atoms with Crippen molar-refractivity contribution in [3.05, 3.63) is 75.5 Å². The van der Waals surface area contributed by atoms with Gasteiger partial charge in [-0.2, -0.15) is 5.10 Å². The van der Waals surface area contributed by atoms with Gasteiger partial charge in [0.1, 0.15) is 5.36 Å². The molecule has 0 saturated carbocycles. The standard InChI is InChI=1S/C15H11N3O2/c19-15-12-9-5-4-8-11(12)13(18-20)14(15)17-16-10-6-2-1-3-7-10/h1-9,16,20H/b17-14+,18-13+.